The fourth-order valence-electron chi connectivity index (χ4n) is 0.144. The highest BCUT2D eigenvalue weighted by Gasteiger charge is 1.85. The van der Waals surface area contributed by atoms with E-state index < -0.39 is 0 Å². The molecule has 0 aliphatic carbocycles. The lowest BCUT2D eigenvalue weighted by molar-refractivity contribution is 0.765. The lowest BCUT2D eigenvalue weighted by Gasteiger charge is -1.89. The van der Waals surface area contributed by atoms with E-state index in [0.29, 0.717) is 6.42 Å². The van der Waals surface area contributed by atoms with Gasteiger partial charge in [0.2, 0.25) is 0 Å². The van der Waals surface area contributed by atoms with Gasteiger partial charge in [0.15, 0.2) is 0 Å². The first-order valence-electron chi connectivity index (χ1n) is 1.90. The third-order valence-corrected chi connectivity index (χ3v) is 0.413. The zero-order valence-electron chi connectivity index (χ0n) is 3.81. The Morgan fingerprint density at radius 2 is 2.50 bits per heavy atom. The quantitative estimate of drug-likeness (QED) is 0.495. The van der Waals surface area contributed by atoms with Crippen molar-refractivity contribution in [3.63, 3.8) is 0 Å². The van der Waals surface area contributed by atoms with Crippen molar-refractivity contribution in [2.45, 2.75) is 19.4 Å². The Balaban J connectivity index is 2.88. The van der Waals surface area contributed by atoms with E-state index in [2.05, 4.69) is 0 Å². The molecule has 2 nitrogen and oxygen atoms in total. The molecule has 2 heteroatoms. The first kappa shape index (κ1) is 5.45. The third-order valence-electron chi connectivity index (χ3n) is 0.413. The molecule has 0 spiro atoms. The third kappa shape index (κ3) is 3.45. The van der Waals surface area contributed by atoms with Crippen molar-refractivity contribution in [3.05, 3.63) is 0 Å². The highest BCUT2D eigenvalue weighted by Crippen LogP contribution is 1.77. The van der Waals surface area contributed by atoms with Gasteiger partial charge in [0.25, 0.3) is 0 Å². The van der Waals surface area contributed by atoms with E-state index >= 15 is 0 Å². The predicted octanol–water partition coefficient (Wildman–Crippen LogP) is 0.247. The molecule has 1 atom stereocenters. The second-order valence-electron chi connectivity index (χ2n) is 1.34. The number of nitriles is 1. The monoisotopic (exact) mass is 84.1 g/mol. The molecule has 0 amide bonds. The molecule has 0 unspecified atom stereocenters. The van der Waals surface area contributed by atoms with Crippen molar-refractivity contribution in [1.29, 1.82) is 5.26 Å². The maximum Gasteiger partial charge on any atom is 0.0637 e. The summed E-state index contributed by atoms with van der Waals surface area (Å²) in [6.07, 6.45) is 0.458. The number of rotatable bonds is 1. The topological polar surface area (TPSA) is 49.8 Å². The highest BCUT2D eigenvalue weighted by atomic mass is 14.6. The zero-order chi connectivity index (χ0) is 4.99. The minimum atomic E-state index is 0.0370. The summed E-state index contributed by atoms with van der Waals surface area (Å²) in [7, 11) is 0. The Hall–Kier alpha value is -0.550. The van der Waals surface area contributed by atoms with Crippen molar-refractivity contribution >= 4 is 0 Å². The van der Waals surface area contributed by atoms with Crippen LogP contribution in [0.3, 0.4) is 0 Å². The maximum atomic E-state index is 7.91. The average Bonchev–Trinajstić information content (AvgIpc) is 1.35. The van der Waals surface area contributed by atoms with Gasteiger partial charge in [0, 0.05) is 12.5 Å². The first-order valence-corrected chi connectivity index (χ1v) is 1.90. The summed E-state index contributed by atoms with van der Waals surface area (Å²) in [4.78, 5) is 0. The molecule has 0 aromatic carbocycles. The van der Waals surface area contributed by atoms with E-state index in [1.165, 1.54) is 0 Å². The van der Waals surface area contributed by atoms with E-state index in [4.69, 9.17) is 11.0 Å². The molecule has 0 rings (SSSR count). The van der Waals surface area contributed by atoms with Gasteiger partial charge in [-0.1, -0.05) is 0 Å². The largest absolute Gasteiger partial charge is 0.327 e. The van der Waals surface area contributed by atoms with Crippen LogP contribution in [0.15, 0.2) is 0 Å². The molecular weight excluding hydrogens is 76.1 g/mol. The van der Waals surface area contributed by atoms with Crippen molar-refractivity contribution in [1.82, 2.24) is 0 Å². The Kier molecular flexibility index (Phi) is 2.43. The Labute approximate surface area is 37.6 Å². The molecule has 0 radical (unpaired) electrons. The molecule has 0 heterocycles. The number of nitrogens with two attached hydrogens (primary N) is 1. The maximum absolute atomic E-state index is 7.91. The van der Waals surface area contributed by atoms with Crippen molar-refractivity contribution in [2.75, 3.05) is 0 Å². The van der Waals surface area contributed by atoms with Crippen LogP contribution in [0.4, 0.5) is 0 Å². The van der Waals surface area contributed by atoms with Crippen LogP contribution in [0.5, 0.6) is 0 Å². The lowest BCUT2D eigenvalue weighted by Crippen LogP contribution is -2.12. The molecule has 0 bridgehead atoms. The van der Waals surface area contributed by atoms with Crippen LogP contribution in [0.25, 0.3) is 0 Å². The van der Waals surface area contributed by atoms with Crippen LogP contribution in [0.1, 0.15) is 13.3 Å². The van der Waals surface area contributed by atoms with Crippen molar-refractivity contribution in [3.8, 4) is 6.07 Å². The van der Waals surface area contributed by atoms with Crippen LogP contribution < -0.4 is 5.73 Å². The Morgan fingerprint density at radius 3 is 2.50 bits per heavy atom. The van der Waals surface area contributed by atoms with Gasteiger partial charge >= 0.3 is 0 Å². The van der Waals surface area contributed by atoms with Crippen LogP contribution in [-0.4, -0.2) is 6.04 Å². The van der Waals surface area contributed by atoms with E-state index in [9.17, 15) is 0 Å². The van der Waals surface area contributed by atoms with E-state index in [1.54, 1.807) is 0 Å². The highest BCUT2D eigenvalue weighted by molar-refractivity contribution is 4.74. The van der Waals surface area contributed by atoms with Gasteiger partial charge in [-0.05, 0) is 6.92 Å². The van der Waals surface area contributed by atoms with Gasteiger partial charge < -0.3 is 5.73 Å². The van der Waals surface area contributed by atoms with E-state index in [0.717, 1.165) is 0 Å². The summed E-state index contributed by atoms with van der Waals surface area (Å²) in [5.41, 5.74) is 5.18. The number of hydrogen-bond acceptors (Lipinski definition) is 2. The smallest absolute Gasteiger partial charge is 0.0637 e. The molecule has 0 aromatic rings. The molecule has 6 heavy (non-hydrogen) atoms. The fourth-order valence-corrected chi connectivity index (χ4v) is 0.144. The van der Waals surface area contributed by atoms with E-state index in [1.807, 2.05) is 13.0 Å². The summed E-state index contributed by atoms with van der Waals surface area (Å²) in [6, 6.07) is 1.98. The molecule has 0 aliphatic heterocycles. The Bertz CT molecular complexity index is 60.4. The SMILES string of the molecule is C[C@H](N)CC#N. The fraction of sp³-hybridized carbons (Fsp3) is 0.750. The zero-order valence-corrected chi connectivity index (χ0v) is 3.81. The molecule has 34 valence electrons. The molecule has 2 N–H and O–H groups in total. The first-order chi connectivity index (χ1) is 2.77. The molecule has 0 saturated heterocycles. The van der Waals surface area contributed by atoms with Crippen LogP contribution in [-0.2, 0) is 0 Å². The lowest BCUT2D eigenvalue weighted by atomic mass is 10.3. The summed E-state index contributed by atoms with van der Waals surface area (Å²) in [6.45, 7) is 1.81. The number of nitrogens with zero attached hydrogens (tertiary/aromatic N) is 1. The summed E-state index contributed by atoms with van der Waals surface area (Å²) >= 11 is 0. The molecule has 0 aromatic heterocycles. The van der Waals surface area contributed by atoms with Gasteiger partial charge in [-0.15, -0.1) is 0 Å². The van der Waals surface area contributed by atoms with Crippen molar-refractivity contribution in [2.24, 2.45) is 5.73 Å². The van der Waals surface area contributed by atoms with Crippen LogP contribution >= 0.6 is 0 Å². The summed E-state index contributed by atoms with van der Waals surface area (Å²) in [5.74, 6) is 0. The van der Waals surface area contributed by atoms with Crippen LogP contribution in [0, 0.1) is 11.3 Å². The Morgan fingerprint density at radius 1 is 2.00 bits per heavy atom. The minimum absolute atomic E-state index is 0.0370. The standard InChI is InChI=1S/C4H8N2/c1-4(6)2-3-5/h4H,2,6H2,1H3/t4-/m0/s1. The molecular formula is C4H8N2. The second kappa shape index (κ2) is 2.67. The van der Waals surface area contributed by atoms with E-state index in [-0.39, 0.29) is 6.04 Å². The van der Waals surface area contributed by atoms with Gasteiger partial charge in [0.05, 0.1) is 6.07 Å². The van der Waals surface area contributed by atoms with Gasteiger partial charge in [0.1, 0.15) is 0 Å². The second-order valence-corrected chi connectivity index (χ2v) is 1.34. The van der Waals surface area contributed by atoms with Gasteiger partial charge in [-0.2, -0.15) is 5.26 Å². The van der Waals surface area contributed by atoms with Gasteiger partial charge in [-0.25, -0.2) is 0 Å². The number of hydrogen-bond donors (Lipinski definition) is 1. The summed E-state index contributed by atoms with van der Waals surface area (Å²) in [5, 5.41) is 7.91. The van der Waals surface area contributed by atoms with Crippen molar-refractivity contribution < 1.29 is 0 Å². The molecule has 0 fully saturated rings. The van der Waals surface area contributed by atoms with Gasteiger partial charge in [-0.3, -0.25) is 0 Å². The molecule has 0 saturated carbocycles. The summed E-state index contributed by atoms with van der Waals surface area (Å²) < 4.78 is 0. The average molecular weight is 84.1 g/mol. The minimum Gasteiger partial charge on any atom is -0.327 e. The normalized spacial score (nSPS) is 12.8. The van der Waals surface area contributed by atoms with Crippen LogP contribution in [0.2, 0.25) is 0 Å². The molecule has 0 aliphatic rings. The predicted molar refractivity (Wildman–Crippen MR) is 23.9 cm³/mol.